The van der Waals surface area contributed by atoms with E-state index < -0.39 is 5.97 Å². The quantitative estimate of drug-likeness (QED) is 0.292. The maximum absolute atomic E-state index is 12.8. The molecule has 182 valence electrons. The highest BCUT2D eigenvalue weighted by Gasteiger charge is 2.21. The van der Waals surface area contributed by atoms with Crippen molar-refractivity contribution in [3.8, 4) is 5.88 Å². The van der Waals surface area contributed by atoms with Gasteiger partial charge in [-0.15, -0.1) is 0 Å². The van der Waals surface area contributed by atoms with Crippen molar-refractivity contribution >= 4 is 34.2 Å². The van der Waals surface area contributed by atoms with E-state index in [2.05, 4.69) is 4.98 Å². The highest BCUT2D eigenvalue weighted by molar-refractivity contribution is 6.22. The molecule has 4 aromatic rings. The van der Waals surface area contributed by atoms with E-state index in [9.17, 15) is 14.7 Å². The summed E-state index contributed by atoms with van der Waals surface area (Å²) in [6.07, 6.45) is 3.26. The molecule has 7 nitrogen and oxygen atoms in total. The summed E-state index contributed by atoms with van der Waals surface area (Å²) in [5.41, 5.74) is 4.19. The lowest BCUT2D eigenvalue weighted by atomic mass is 10.00. The van der Waals surface area contributed by atoms with Crippen molar-refractivity contribution in [3.05, 3.63) is 95.1 Å². The van der Waals surface area contributed by atoms with Gasteiger partial charge in [-0.25, -0.2) is 9.79 Å². The van der Waals surface area contributed by atoms with Gasteiger partial charge in [0.15, 0.2) is 5.88 Å². The number of benzene rings is 3. The molecule has 5 rings (SSSR count). The van der Waals surface area contributed by atoms with Gasteiger partial charge in [0.2, 0.25) is 0 Å². The van der Waals surface area contributed by atoms with Crippen molar-refractivity contribution in [1.29, 1.82) is 0 Å². The fraction of sp³-hybridized carbons (Fsp3) is 0.207. The maximum Gasteiger partial charge on any atom is 0.337 e. The first kappa shape index (κ1) is 23.4. The normalized spacial score (nSPS) is 14.1. The predicted molar refractivity (Wildman–Crippen MR) is 139 cm³/mol. The van der Waals surface area contributed by atoms with Crippen LogP contribution in [0.5, 0.6) is 5.88 Å². The first-order chi connectivity index (χ1) is 17.5. The molecule has 36 heavy (non-hydrogen) atoms. The molecular formula is C29H27N3O4. The van der Waals surface area contributed by atoms with Gasteiger partial charge in [-0.1, -0.05) is 36.4 Å². The van der Waals surface area contributed by atoms with Gasteiger partial charge in [-0.2, -0.15) is 0 Å². The average Bonchev–Trinajstić information content (AvgIpc) is 3.26. The van der Waals surface area contributed by atoms with Crippen LogP contribution in [0.3, 0.4) is 0 Å². The van der Waals surface area contributed by atoms with Crippen molar-refractivity contribution in [1.82, 2.24) is 9.88 Å². The van der Waals surface area contributed by atoms with Gasteiger partial charge in [-0.05, 0) is 55.7 Å². The van der Waals surface area contributed by atoms with E-state index in [4.69, 9.17) is 9.73 Å². The number of hydrogen-bond donors (Lipinski definition) is 2. The zero-order valence-electron chi connectivity index (χ0n) is 20.0. The third-order valence-corrected chi connectivity index (χ3v) is 6.48. The molecule has 0 spiro atoms. The number of aromatic nitrogens is 1. The number of esters is 1. The number of fused-ring (bicyclic) bond motifs is 1. The van der Waals surface area contributed by atoms with Crippen LogP contribution < -0.4 is 0 Å². The van der Waals surface area contributed by atoms with Crippen LogP contribution in [0.4, 0.5) is 5.69 Å². The first-order valence-electron chi connectivity index (χ1n) is 12.0. The van der Waals surface area contributed by atoms with E-state index in [1.54, 1.807) is 30.3 Å². The smallest absolute Gasteiger partial charge is 0.337 e. The zero-order valence-corrected chi connectivity index (χ0v) is 20.0. The summed E-state index contributed by atoms with van der Waals surface area (Å²) in [5.74, 6) is -0.459. The Hall–Kier alpha value is -4.39. The summed E-state index contributed by atoms with van der Waals surface area (Å²) in [4.78, 5) is 34.6. The van der Waals surface area contributed by atoms with Crippen LogP contribution in [0, 0.1) is 0 Å². The number of H-pyrrole nitrogens is 1. The van der Waals surface area contributed by atoms with Crippen molar-refractivity contribution in [2.75, 3.05) is 20.2 Å². The van der Waals surface area contributed by atoms with Crippen LogP contribution in [0.1, 0.15) is 51.1 Å². The number of rotatable bonds is 5. The average molecular weight is 482 g/mol. The third kappa shape index (κ3) is 4.60. The number of carbonyl (C=O) groups excluding carboxylic acids is 2. The fourth-order valence-electron chi connectivity index (χ4n) is 4.62. The van der Waals surface area contributed by atoms with Crippen molar-refractivity contribution in [2.24, 2.45) is 4.99 Å². The standard InChI is InChI=1S/C29H27N3O4/c1-36-29(35)21-12-15-23-24(18-21)31-27(33)25(23)26(19-8-4-2-5-9-19)30-22-13-10-20(11-14-22)28(34)32-16-6-3-7-17-32/h2,4-5,8-15,18,31,33H,3,6-7,16-17H2,1H3. The lowest BCUT2D eigenvalue weighted by molar-refractivity contribution is 0.0600. The van der Waals surface area contributed by atoms with E-state index in [0.29, 0.717) is 33.6 Å². The van der Waals surface area contributed by atoms with Gasteiger partial charge < -0.3 is 19.7 Å². The molecule has 1 fully saturated rings. The molecular weight excluding hydrogens is 454 g/mol. The highest BCUT2D eigenvalue weighted by atomic mass is 16.5. The van der Waals surface area contributed by atoms with Gasteiger partial charge in [0, 0.05) is 35.1 Å². The number of methoxy groups -OCH3 is 1. The minimum Gasteiger partial charge on any atom is -0.494 e. The van der Waals surface area contributed by atoms with Crippen LogP contribution in [-0.2, 0) is 4.74 Å². The molecule has 2 N–H and O–H groups in total. The van der Waals surface area contributed by atoms with Gasteiger partial charge >= 0.3 is 5.97 Å². The predicted octanol–water partition coefficient (Wildman–Crippen LogP) is 5.46. The molecule has 1 aliphatic rings. The Morgan fingerprint density at radius 1 is 0.889 bits per heavy atom. The third-order valence-electron chi connectivity index (χ3n) is 6.48. The molecule has 1 aliphatic heterocycles. The van der Waals surface area contributed by atoms with Gasteiger partial charge in [-0.3, -0.25) is 4.79 Å². The number of aromatic amines is 1. The Balaban J connectivity index is 1.55. The first-order valence-corrected chi connectivity index (χ1v) is 12.0. The molecule has 2 heterocycles. The SMILES string of the molecule is COC(=O)c1ccc2c(C(=Nc3ccc(C(=O)N4CCCCC4)cc3)c3ccccc3)c(O)[nH]c2c1. The molecule has 0 saturated carbocycles. The number of piperidine rings is 1. The van der Waals surface area contributed by atoms with Gasteiger partial charge in [0.1, 0.15) is 0 Å². The number of nitrogens with zero attached hydrogens (tertiary/aromatic N) is 2. The Morgan fingerprint density at radius 2 is 1.58 bits per heavy atom. The number of carbonyl (C=O) groups is 2. The lowest BCUT2D eigenvalue weighted by Crippen LogP contribution is -2.35. The second-order valence-electron chi connectivity index (χ2n) is 8.83. The maximum atomic E-state index is 12.8. The van der Waals surface area contributed by atoms with Crippen molar-refractivity contribution in [2.45, 2.75) is 19.3 Å². The monoisotopic (exact) mass is 481 g/mol. The van der Waals surface area contributed by atoms with Crippen LogP contribution in [0.15, 0.2) is 77.8 Å². The fourth-order valence-corrected chi connectivity index (χ4v) is 4.62. The molecule has 1 aromatic heterocycles. The van der Waals surface area contributed by atoms with Crippen LogP contribution in [0.25, 0.3) is 10.9 Å². The molecule has 0 bridgehead atoms. The molecule has 0 unspecified atom stereocenters. The molecule has 0 radical (unpaired) electrons. The Morgan fingerprint density at radius 3 is 2.28 bits per heavy atom. The largest absolute Gasteiger partial charge is 0.494 e. The second kappa shape index (κ2) is 10.1. The summed E-state index contributed by atoms with van der Waals surface area (Å²) in [6.45, 7) is 1.60. The van der Waals surface area contributed by atoms with E-state index in [1.165, 1.54) is 13.5 Å². The highest BCUT2D eigenvalue weighted by Crippen LogP contribution is 2.32. The molecule has 1 amide bonds. The van der Waals surface area contributed by atoms with Crippen molar-refractivity contribution in [3.63, 3.8) is 0 Å². The van der Waals surface area contributed by atoms with Gasteiger partial charge in [0.05, 0.1) is 29.6 Å². The topological polar surface area (TPSA) is 95.0 Å². The van der Waals surface area contributed by atoms with Crippen LogP contribution in [-0.4, -0.2) is 52.8 Å². The molecule has 0 atom stereocenters. The summed E-state index contributed by atoms with van der Waals surface area (Å²) < 4.78 is 4.82. The Bertz CT molecular complexity index is 1430. The number of aromatic hydroxyl groups is 1. The van der Waals surface area contributed by atoms with Crippen molar-refractivity contribution < 1.29 is 19.4 Å². The number of nitrogens with one attached hydrogen (secondary N) is 1. The van der Waals surface area contributed by atoms with Crippen LogP contribution >= 0.6 is 0 Å². The number of hydrogen-bond acceptors (Lipinski definition) is 5. The summed E-state index contributed by atoms with van der Waals surface area (Å²) in [7, 11) is 1.33. The number of likely N-dealkylation sites (tertiary alicyclic amines) is 1. The van der Waals surface area contributed by atoms with Crippen LogP contribution in [0.2, 0.25) is 0 Å². The minimum atomic E-state index is -0.455. The summed E-state index contributed by atoms with van der Waals surface area (Å²) in [6, 6.07) is 21.9. The number of ether oxygens (including phenoxy) is 1. The number of amides is 1. The lowest BCUT2D eigenvalue weighted by Gasteiger charge is -2.26. The molecule has 1 saturated heterocycles. The van der Waals surface area contributed by atoms with E-state index in [0.717, 1.165) is 36.9 Å². The molecule has 3 aromatic carbocycles. The zero-order chi connectivity index (χ0) is 25.1. The van der Waals surface area contributed by atoms with E-state index >= 15 is 0 Å². The molecule has 0 aliphatic carbocycles. The Kier molecular flexibility index (Phi) is 6.54. The van der Waals surface area contributed by atoms with Gasteiger partial charge in [0.25, 0.3) is 5.91 Å². The summed E-state index contributed by atoms with van der Waals surface area (Å²) >= 11 is 0. The second-order valence-corrected chi connectivity index (χ2v) is 8.83. The number of aliphatic imine (C=N–C) groups is 1. The van der Waals surface area contributed by atoms with E-state index in [-0.39, 0.29) is 11.8 Å². The molecule has 7 heteroatoms. The van der Waals surface area contributed by atoms with E-state index in [1.807, 2.05) is 47.4 Å². The summed E-state index contributed by atoms with van der Waals surface area (Å²) in [5, 5.41) is 11.6. The minimum absolute atomic E-state index is 0.0456. The Labute approximate surface area is 209 Å².